The lowest BCUT2D eigenvalue weighted by Gasteiger charge is -2.18. The number of rotatable bonds is 2. The van der Waals surface area contributed by atoms with Crippen LogP contribution in [0.2, 0.25) is 10.2 Å². The van der Waals surface area contributed by atoms with Crippen LogP contribution in [0.15, 0.2) is 73.3 Å². The molecular weight excluding hydrogens is 697 g/mol. The van der Waals surface area contributed by atoms with Crippen LogP contribution in [0.1, 0.15) is 130 Å². The maximum absolute atomic E-state index is 12.2. The molecule has 4 aromatic rings. The van der Waals surface area contributed by atoms with Crippen LogP contribution in [0.4, 0.5) is 26.3 Å². The third-order valence-electron chi connectivity index (χ3n) is 6.54. The summed E-state index contributed by atoms with van der Waals surface area (Å²) in [5.41, 5.74) is 1.84. The van der Waals surface area contributed by atoms with Crippen molar-refractivity contribution < 1.29 is 26.3 Å². The summed E-state index contributed by atoms with van der Waals surface area (Å²) < 4.78 is 73.0. The van der Waals surface area contributed by atoms with Crippen LogP contribution in [0.3, 0.4) is 0 Å². The van der Waals surface area contributed by atoms with Crippen molar-refractivity contribution in [3.63, 3.8) is 0 Å². The first-order valence-electron chi connectivity index (χ1n) is 15.1. The maximum atomic E-state index is 12.2. The molecule has 0 saturated carbocycles. The molecule has 0 aliphatic carbocycles. The van der Waals surface area contributed by atoms with Gasteiger partial charge in [0.05, 0.1) is 10.6 Å². The minimum Gasteiger partial charge on any atom is -0.260 e. The zero-order valence-electron chi connectivity index (χ0n) is 28.9. The summed E-state index contributed by atoms with van der Waals surface area (Å²) in [4.78, 5) is 15.3. The molecule has 0 fully saturated rings. The molecule has 0 aliphatic rings. The Labute approximate surface area is 305 Å². The molecule has 0 bridgehead atoms. The summed E-state index contributed by atoms with van der Waals surface area (Å²) in [7, 11) is 0. The molecule has 0 amide bonds. The first-order valence-corrected chi connectivity index (χ1v) is 15.9. The lowest BCUT2D eigenvalue weighted by atomic mass is 9.88. The molecular formula is C38H52Cl2F6N4. The quantitative estimate of drug-likeness (QED) is 0.151. The summed E-state index contributed by atoms with van der Waals surface area (Å²) in [6.07, 6.45) is -3.01. The van der Waals surface area contributed by atoms with Crippen LogP contribution in [0.25, 0.3) is 0 Å². The van der Waals surface area contributed by atoms with Gasteiger partial charge in [-0.15, -0.1) is 0 Å². The van der Waals surface area contributed by atoms with Crippen LogP contribution in [0.5, 0.6) is 0 Å². The Morgan fingerprint density at radius 1 is 0.500 bits per heavy atom. The summed E-state index contributed by atoms with van der Waals surface area (Å²) in [6, 6.07) is 12.6. The maximum Gasteiger partial charge on any atom is 0.433 e. The van der Waals surface area contributed by atoms with Crippen LogP contribution in [-0.2, 0) is 23.2 Å². The monoisotopic (exact) mass is 748 g/mol. The smallest absolute Gasteiger partial charge is 0.260 e. The van der Waals surface area contributed by atoms with Gasteiger partial charge in [0.25, 0.3) is 0 Å². The molecule has 4 aromatic heterocycles. The third-order valence-corrected chi connectivity index (χ3v) is 6.99. The Balaban J connectivity index is 0. The number of nitrogens with zero attached hydrogens (tertiary/aromatic N) is 4. The Morgan fingerprint density at radius 2 is 1.02 bits per heavy atom. The molecule has 0 spiro atoms. The number of hydrogen-bond acceptors (Lipinski definition) is 4. The van der Waals surface area contributed by atoms with Crippen LogP contribution >= 0.6 is 23.2 Å². The molecule has 12 heteroatoms. The Hall–Kier alpha value is -3.24. The van der Waals surface area contributed by atoms with Gasteiger partial charge in [0.1, 0.15) is 10.8 Å². The van der Waals surface area contributed by atoms with Gasteiger partial charge in [-0.05, 0) is 64.8 Å². The average Bonchev–Trinajstić information content (AvgIpc) is 2.97. The largest absolute Gasteiger partial charge is 0.433 e. The predicted molar refractivity (Wildman–Crippen MR) is 196 cm³/mol. The third kappa shape index (κ3) is 18.1. The fraction of sp³-hybridized carbons (Fsp3) is 0.474. The van der Waals surface area contributed by atoms with Gasteiger partial charge < -0.3 is 0 Å². The lowest BCUT2D eigenvalue weighted by molar-refractivity contribution is -0.141. The Morgan fingerprint density at radius 3 is 1.34 bits per heavy atom. The first kappa shape index (κ1) is 48.9. The minimum absolute atomic E-state index is 0. The second-order valence-electron chi connectivity index (χ2n) is 13.5. The zero-order chi connectivity index (χ0) is 37.1. The van der Waals surface area contributed by atoms with Crippen LogP contribution < -0.4 is 0 Å². The number of aromatic nitrogens is 4. The Kier molecular flexibility index (Phi) is 20.1. The van der Waals surface area contributed by atoms with Gasteiger partial charge in [-0.1, -0.05) is 119 Å². The van der Waals surface area contributed by atoms with E-state index in [1.165, 1.54) is 23.9 Å². The molecule has 0 unspecified atom stereocenters. The summed E-state index contributed by atoms with van der Waals surface area (Å²) in [6.45, 7) is 20.0. The van der Waals surface area contributed by atoms with E-state index in [1.54, 1.807) is 6.20 Å². The van der Waals surface area contributed by atoms with Crippen molar-refractivity contribution in [1.29, 1.82) is 0 Å². The number of hydrogen-bond donors (Lipinski definition) is 0. The van der Waals surface area contributed by atoms with Gasteiger partial charge in [0.2, 0.25) is 0 Å². The molecule has 4 nitrogen and oxygen atoms in total. The summed E-state index contributed by atoms with van der Waals surface area (Å²) in [5, 5.41) is 1.26. The van der Waals surface area contributed by atoms with Gasteiger partial charge in [0.15, 0.2) is 0 Å². The molecule has 4 heterocycles. The highest BCUT2D eigenvalue weighted by molar-refractivity contribution is 6.30. The van der Waals surface area contributed by atoms with Crippen LogP contribution in [-0.4, -0.2) is 19.9 Å². The van der Waals surface area contributed by atoms with E-state index in [2.05, 4.69) is 47.6 Å². The van der Waals surface area contributed by atoms with Gasteiger partial charge in [0, 0.05) is 41.6 Å². The highest BCUT2D eigenvalue weighted by Gasteiger charge is 2.33. The SMILES string of the molecule is C.C.CC(C)(C)c1ccc(C(F)(F)F)cn1.CC(C)(C)c1ccc(C(F)(F)F)nc1.CC(C)c1ccc(Cl)cn1.CC(C)c1ccc(Cl)nc1. The molecule has 4 rings (SSSR count). The van der Waals surface area contributed by atoms with Crippen molar-refractivity contribution in [3.05, 3.63) is 117 Å². The molecule has 0 atom stereocenters. The lowest BCUT2D eigenvalue weighted by Crippen LogP contribution is -2.14. The molecule has 0 aromatic carbocycles. The molecule has 0 aliphatic heterocycles. The highest BCUT2D eigenvalue weighted by Crippen LogP contribution is 2.31. The Bertz CT molecular complexity index is 1310. The fourth-order valence-corrected chi connectivity index (χ4v) is 3.69. The van der Waals surface area contributed by atoms with Crippen molar-refractivity contribution in [2.24, 2.45) is 0 Å². The highest BCUT2D eigenvalue weighted by atomic mass is 35.5. The first-order chi connectivity index (χ1) is 21.8. The summed E-state index contributed by atoms with van der Waals surface area (Å²) >= 11 is 11.3. The van der Waals surface area contributed by atoms with Crippen LogP contribution in [0, 0.1) is 0 Å². The standard InChI is InChI=1S/2C10H12F3N.2C8H10ClN.2CH4/c1-9(2,3)8-5-4-7(6-14-8)10(11,12)13;1-9(2,3)7-4-5-8(14-6-7)10(11,12)13;1-6(2)8-4-3-7(9)5-10-8;1-6(2)7-3-4-8(9)10-5-7;;/h2*4-6H,1-3H3;2*3-6H,1-2H3;2*1H4. The molecule has 0 saturated heterocycles. The summed E-state index contributed by atoms with van der Waals surface area (Å²) in [5.74, 6) is 1.02. The normalized spacial score (nSPS) is 11.4. The van der Waals surface area contributed by atoms with Gasteiger partial charge in [-0.2, -0.15) is 26.3 Å². The van der Waals surface area contributed by atoms with E-state index in [0.29, 0.717) is 27.7 Å². The van der Waals surface area contributed by atoms with Crippen molar-refractivity contribution in [2.75, 3.05) is 0 Å². The topological polar surface area (TPSA) is 51.6 Å². The zero-order valence-corrected chi connectivity index (χ0v) is 30.4. The van der Waals surface area contributed by atoms with E-state index < -0.39 is 23.6 Å². The number of pyridine rings is 4. The van der Waals surface area contributed by atoms with Gasteiger partial charge >= 0.3 is 12.4 Å². The average molecular weight is 750 g/mol. The fourth-order valence-electron chi connectivity index (χ4n) is 3.47. The van der Waals surface area contributed by atoms with Crippen molar-refractivity contribution in [1.82, 2.24) is 19.9 Å². The second kappa shape index (κ2) is 20.6. The molecule has 280 valence electrons. The van der Waals surface area contributed by atoms with Gasteiger partial charge in [-0.25, -0.2) is 4.98 Å². The van der Waals surface area contributed by atoms with Crippen molar-refractivity contribution >= 4 is 23.2 Å². The van der Waals surface area contributed by atoms with E-state index in [0.717, 1.165) is 29.6 Å². The van der Waals surface area contributed by atoms with Crippen molar-refractivity contribution in [2.45, 2.75) is 119 Å². The van der Waals surface area contributed by atoms with E-state index in [-0.39, 0.29) is 25.7 Å². The number of alkyl halides is 6. The van der Waals surface area contributed by atoms with E-state index in [9.17, 15) is 26.3 Å². The second-order valence-corrected chi connectivity index (χ2v) is 14.3. The molecule has 0 radical (unpaired) electrons. The van der Waals surface area contributed by atoms with Crippen molar-refractivity contribution in [3.8, 4) is 0 Å². The van der Waals surface area contributed by atoms with Gasteiger partial charge in [-0.3, -0.25) is 15.0 Å². The van der Waals surface area contributed by atoms with E-state index in [1.807, 2.05) is 72.0 Å². The minimum atomic E-state index is -4.35. The molecule has 50 heavy (non-hydrogen) atoms. The van der Waals surface area contributed by atoms with E-state index in [4.69, 9.17) is 23.2 Å². The number of halogens is 8. The predicted octanol–water partition coefficient (Wildman–Crippen LogP) is 13.8. The molecule has 0 N–H and O–H groups in total. The van der Waals surface area contributed by atoms with E-state index >= 15 is 0 Å².